The third-order valence-electron chi connectivity index (χ3n) is 4.77. The molecule has 166 valence electrons. The van der Waals surface area contributed by atoms with Gasteiger partial charge in [0.15, 0.2) is 4.34 Å². The van der Waals surface area contributed by atoms with Crippen LogP contribution in [0, 0.1) is 5.82 Å². The number of piperazine rings is 1. The van der Waals surface area contributed by atoms with Gasteiger partial charge in [-0.25, -0.2) is 9.18 Å². The maximum absolute atomic E-state index is 13.0. The van der Waals surface area contributed by atoms with E-state index >= 15 is 0 Å². The molecular weight excluding hydrogens is 451 g/mol. The van der Waals surface area contributed by atoms with Crippen molar-refractivity contribution in [1.82, 2.24) is 20.0 Å². The lowest BCUT2D eigenvalue weighted by Gasteiger charge is -2.34. The van der Waals surface area contributed by atoms with E-state index in [9.17, 15) is 14.0 Å². The Balaban J connectivity index is 1.20. The van der Waals surface area contributed by atoms with E-state index in [4.69, 9.17) is 0 Å². The third-order valence-corrected chi connectivity index (χ3v) is 6.72. The van der Waals surface area contributed by atoms with Gasteiger partial charge in [-0.15, -0.1) is 10.2 Å². The van der Waals surface area contributed by atoms with Gasteiger partial charge in [0.1, 0.15) is 5.82 Å². The Kier molecular flexibility index (Phi) is 7.17. The summed E-state index contributed by atoms with van der Waals surface area (Å²) >= 11 is 2.66. The number of nitrogens with zero attached hydrogens (tertiary/aromatic N) is 4. The van der Waals surface area contributed by atoms with E-state index in [1.165, 1.54) is 35.2 Å². The fourth-order valence-electron chi connectivity index (χ4n) is 3.07. The molecule has 32 heavy (non-hydrogen) atoms. The second-order valence-corrected chi connectivity index (χ2v) is 9.16. The molecule has 0 radical (unpaired) electrons. The number of carbonyl (C=O) groups is 2. The smallest absolute Gasteiger partial charge is 0.321 e. The predicted octanol–water partition coefficient (Wildman–Crippen LogP) is 3.89. The molecule has 2 N–H and O–H groups in total. The molecule has 1 aromatic heterocycles. The van der Waals surface area contributed by atoms with Crippen LogP contribution < -0.4 is 10.6 Å². The van der Waals surface area contributed by atoms with Crippen LogP contribution in [0.1, 0.15) is 0 Å². The van der Waals surface area contributed by atoms with E-state index in [1.807, 2.05) is 30.3 Å². The molecule has 11 heteroatoms. The summed E-state index contributed by atoms with van der Waals surface area (Å²) in [6, 6.07) is 15.1. The topological polar surface area (TPSA) is 90.5 Å². The molecule has 8 nitrogen and oxygen atoms in total. The van der Waals surface area contributed by atoms with Crippen molar-refractivity contribution in [2.24, 2.45) is 0 Å². The minimum absolute atomic E-state index is 0.00126. The Labute approximate surface area is 192 Å². The van der Waals surface area contributed by atoms with Crippen LogP contribution in [-0.4, -0.2) is 63.9 Å². The zero-order chi connectivity index (χ0) is 22.3. The molecule has 0 spiro atoms. The number of aromatic nitrogens is 2. The maximum Gasteiger partial charge on any atom is 0.321 e. The van der Waals surface area contributed by atoms with Crippen molar-refractivity contribution >= 4 is 51.5 Å². The minimum Gasteiger partial charge on any atom is -0.338 e. The van der Waals surface area contributed by atoms with Gasteiger partial charge in [0.2, 0.25) is 11.0 Å². The molecule has 1 aliphatic rings. The molecule has 1 aliphatic heterocycles. The van der Waals surface area contributed by atoms with Crippen molar-refractivity contribution in [3.05, 3.63) is 60.4 Å². The van der Waals surface area contributed by atoms with Crippen molar-refractivity contribution < 1.29 is 14.0 Å². The summed E-state index contributed by atoms with van der Waals surface area (Å²) in [7, 11) is 0. The molecule has 0 atom stereocenters. The van der Waals surface area contributed by atoms with E-state index in [2.05, 4.69) is 20.8 Å². The van der Waals surface area contributed by atoms with Gasteiger partial charge < -0.3 is 20.4 Å². The van der Waals surface area contributed by atoms with Gasteiger partial charge in [0, 0.05) is 37.6 Å². The van der Waals surface area contributed by atoms with E-state index in [0.29, 0.717) is 41.3 Å². The first kappa shape index (κ1) is 22.0. The lowest BCUT2D eigenvalue weighted by Crippen LogP contribution is -2.52. The number of halogens is 1. The Morgan fingerprint density at radius 1 is 0.938 bits per heavy atom. The van der Waals surface area contributed by atoms with Gasteiger partial charge in [0.05, 0.1) is 5.75 Å². The number of hydrogen-bond donors (Lipinski definition) is 2. The molecule has 0 aliphatic carbocycles. The van der Waals surface area contributed by atoms with Crippen LogP contribution in [0.5, 0.6) is 0 Å². The van der Waals surface area contributed by atoms with Gasteiger partial charge in [-0.3, -0.25) is 4.79 Å². The SMILES string of the molecule is O=C(CSc1nnc(Nc2ccc(F)cc2)s1)N1CCN(C(=O)Nc2ccccc2)CC1. The van der Waals surface area contributed by atoms with Crippen molar-refractivity contribution in [1.29, 1.82) is 0 Å². The summed E-state index contributed by atoms with van der Waals surface area (Å²) in [4.78, 5) is 28.4. The number of carbonyl (C=O) groups excluding carboxylic acids is 2. The van der Waals surface area contributed by atoms with Crippen LogP contribution in [-0.2, 0) is 4.79 Å². The number of nitrogens with one attached hydrogen (secondary N) is 2. The monoisotopic (exact) mass is 472 g/mol. The highest BCUT2D eigenvalue weighted by atomic mass is 32.2. The number of urea groups is 1. The zero-order valence-electron chi connectivity index (χ0n) is 17.0. The Hall–Kier alpha value is -3.18. The standard InChI is InChI=1S/C21H21FN6O2S2/c22-15-6-8-17(9-7-15)23-19-25-26-21(32-19)31-14-18(29)27-10-12-28(13-11-27)20(30)24-16-4-2-1-3-5-16/h1-9H,10-14H2,(H,23,25)(H,24,30). The van der Waals surface area contributed by atoms with Crippen molar-refractivity contribution in [2.75, 3.05) is 42.6 Å². The summed E-state index contributed by atoms with van der Waals surface area (Å²) in [5.41, 5.74) is 1.46. The number of rotatable bonds is 6. The quantitative estimate of drug-likeness (QED) is 0.529. The summed E-state index contributed by atoms with van der Waals surface area (Å²) in [6.45, 7) is 1.96. The van der Waals surface area contributed by atoms with E-state index < -0.39 is 0 Å². The van der Waals surface area contributed by atoms with Gasteiger partial charge >= 0.3 is 6.03 Å². The average molecular weight is 473 g/mol. The molecule has 0 bridgehead atoms. The third kappa shape index (κ3) is 5.95. The Morgan fingerprint density at radius 3 is 2.34 bits per heavy atom. The first-order valence-electron chi connectivity index (χ1n) is 9.94. The van der Waals surface area contributed by atoms with Gasteiger partial charge in [-0.2, -0.15) is 0 Å². The van der Waals surface area contributed by atoms with Crippen LogP contribution in [0.4, 0.5) is 25.7 Å². The number of para-hydroxylation sites is 1. The average Bonchev–Trinajstić information content (AvgIpc) is 3.27. The number of thioether (sulfide) groups is 1. The van der Waals surface area contributed by atoms with Crippen molar-refractivity contribution in [2.45, 2.75) is 4.34 Å². The van der Waals surface area contributed by atoms with E-state index in [0.717, 1.165) is 5.69 Å². The molecule has 3 aromatic rings. The largest absolute Gasteiger partial charge is 0.338 e. The van der Waals surface area contributed by atoms with Crippen molar-refractivity contribution in [3.63, 3.8) is 0 Å². The molecular formula is C21H21FN6O2S2. The fourth-order valence-corrected chi connectivity index (χ4v) is 4.75. The van der Waals surface area contributed by atoms with Crippen LogP contribution in [0.3, 0.4) is 0 Å². The molecule has 0 unspecified atom stereocenters. The van der Waals surface area contributed by atoms with Crippen LogP contribution in [0.25, 0.3) is 0 Å². The highest BCUT2D eigenvalue weighted by Crippen LogP contribution is 2.28. The minimum atomic E-state index is -0.305. The van der Waals surface area contributed by atoms with Crippen LogP contribution in [0.2, 0.25) is 0 Å². The zero-order valence-corrected chi connectivity index (χ0v) is 18.7. The fraction of sp³-hybridized carbons (Fsp3) is 0.238. The second-order valence-electron chi connectivity index (χ2n) is 6.96. The molecule has 4 rings (SSSR count). The van der Waals surface area contributed by atoms with Gasteiger partial charge in [-0.1, -0.05) is 41.3 Å². The number of amides is 3. The number of hydrogen-bond acceptors (Lipinski definition) is 7. The summed E-state index contributed by atoms with van der Waals surface area (Å²) in [6.07, 6.45) is 0. The highest BCUT2D eigenvalue weighted by Gasteiger charge is 2.24. The lowest BCUT2D eigenvalue weighted by molar-refractivity contribution is -0.129. The van der Waals surface area contributed by atoms with Crippen molar-refractivity contribution in [3.8, 4) is 0 Å². The summed E-state index contributed by atoms with van der Waals surface area (Å²) < 4.78 is 13.7. The molecule has 3 amide bonds. The first-order chi connectivity index (χ1) is 15.6. The number of benzene rings is 2. The molecule has 2 aromatic carbocycles. The molecule has 1 saturated heterocycles. The first-order valence-corrected chi connectivity index (χ1v) is 11.7. The number of anilines is 3. The molecule has 2 heterocycles. The Morgan fingerprint density at radius 2 is 1.62 bits per heavy atom. The predicted molar refractivity (Wildman–Crippen MR) is 124 cm³/mol. The maximum atomic E-state index is 13.0. The lowest BCUT2D eigenvalue weighted by atomic mass is 10.3. The summed E-state index contributed by atoms with van der Waals surface area (Å²) in [5.74, 6) is -0.0527. The Bertz CT molecular complexity index is 1060. The molecule has 1 fully saturated rings. The highest BCUT2D eigenvalue weighted by molar-refractivity contribution is 8.01. The molecule has 0 saturated carbocycles. The van der Waals surface area contributed by atoms with Crippen LogP contribution in [0.15, 0.2) is 58.9 Å². The van der Waals surface area contributed by atoms with E-state index in [-0.39, 0.29) is 23.5 Å². The second kappa shape index (κ2) is 10.4. The van der Waals surface area contributed by atoms with E-state index in [1.54, 1.807) is 21.9 Å². The van der Waals surface area contributed by atoms with Gasteiger partial charge in [0.25, 0.3) is 0 Å². The summed E-state index contributed by atoms with van der Waals surface area (Å²) in [5, 5.41) is 14.6. The van der Waals surface area contributed by atoms with Crippen LogP contribution >= 0.6 is 23.1 Å². The van der Waals surface area contributed by atoms with Gasteiger partial charge in [-0.05, 0) is 36.4 Å². The normalized spacial score (nSPS) is 13.7.